The lowest BCUT2D eigenvalue weighted by Crippen LogP contribution is -2.48. The molecule has 1 aliphatic rings. The van der Waals surface area contributed by atoms with E-state index in [1.165, 1.54) is 0 Å². The highest BCUT2D eigenvalue weighted by molar-refractivity contribution is 6.29. The van der Waals surface area contributed by atoms with E-state index in [0.29, 0.717) is 23.2 Å². The van der Waals surface area contributed by atoms with Crippen molar-refractivity contribution in [1.29, 1.82) is 0 Å². The maximum atomic E-state index is 5.89. The first-order chi connectivity index (χ1) is 8.06. The van der Waals surface area contributed by atoms with Crippen LogP contribution >= 0.6 is 11.6 Å². The van der Waals surface area contributed by atoms with E-state index in [-0.39, 0.29) is 0 Å². The van der Waals surface area contributed by atoms with Crippen LogP contribution in [0.5, 0.6) is 0 Å². The van der Waals surface area contributed by atoms with Gasteiger partial charge in [0, 0.05) is 18.6 Å². The van der Waals surface area contributed by atoms with Crippen LogP contribution in [0.2, 0.25) is 5.15 Å². The SMILES string of the molecule is CC1CN(C)C(C)CC1Nc1cccc(Cl)n1. The van der Waals surface area contributed by atoms with Crippen LogP contribution in [0, 0.1) is 5.92 Å². The van der Waals surface area contributed by atoms with E-state index < -0.39 is 0 Å². The van der Waals surface area contributed by atoms with Crippen LogP contribution in [0.4, 0.5) is 5.82 Å². The third kappa shape index (κ3) is 3.11. The topological polar surface area (TPSA) is 28.2 Å². The van der Waals surface area contributed by atoms with E-state index in [9.17, 15) is 0 Å². The Bertz CT molecular complexity index is 383. The lowest BCUT2D eigenvalue weighted by atomic mass is 9.90. The molecular weight excluding hydrogens is 234 g/mol. The van der Waals surface area contributed by atoms with E-state index in [4.69, 9.17) is 11.6 Å². The summed E-state index contributed by atoms with van der Waals surface area (Å²) < 4.78 is 0. The Kier molecular flexibility index (Phi) is 3.89. The van der Waals surface area contributed by atoms with Crippen LogP contribution < -0.4 is 5.32 Å². The molecule has 1 aromatic heterocycles. The first-order valence-electron chi connectivity index (χ1n) is 6.15. The molecule has 1 saturated heterocycles. The number of pyridine rings is 1. The van der Waals surface area contributed by atoms with Crippen molar-refractivity contribution in [3.8, 4) is 0 Å². The second-order valence-electron chi connectivity index (χ2n) is 5.10. The monoisotopic (exact) mass is 253 g/mol. The Morgan fingerprint density at radius 2 is 2.18 bits per heavy atom. The predicted molar refractivity (Wildman–Crippen MR) is 72.5 cm³/mol. The number of piperidine rings is 1. The number of nitrogens with one attached hydrogen (secondary N) is 1. The van der Waals surface area contributed by atoms with Gasteiger partial charge in [0.2, 0.25) is 0 Å². The zero-order valence-electron chi connectivity index (χ0n) is 10.7. The second-order valence-corrected chi connectivity index (χ2v) is 5.49. The fourth-order valence-electron chi connectivity index (χ4n) is 2.42. The fraction of sp³-hybridized carbons (Fsp3) is 0.615. The number of hydrogen-bond donors (Lipinski definition) is 1. The predicted octanol–water partition coefficient (Wildman–Crippen LogP) is 2.88. The molecule has 4 heteroatoms. The molecule has 0 bridgehead atoms. The summed E-state index contributed by atoms with van der Waals surface area (Å²) in [5, 5.41) is 4.05. The highest BCUT2D eigenvalue weighted by atomic mass is 35.5. The molecule has 2 rings (SSSR count). The highest BCUT2D eigenvalue weighted by Gasteiger charge is 2.28. The minimum Gasteiger partial charge on any atom is -0.367 e. The average Bonchev–Trinajstić information content (AvgIpc) is 2.26. The smallest absolute Gasteiger partial charge is 0.131 e. The Balaban J connectivity index is 2.03. The summed E-state index contributed by atoms with van der Waals surface area (Å²) in [5.41, 5.74) is 0. The molecule has 2 heterocycles. The summed E-state index contributed by atoms with van der Waals surface area (Å²) in [4.78, 5) is 6.70. The lowest BCUT2D eigenvalue weighted by Gasteiger charge is -2.40. The maximum absolute atomic E-state index is 5.89. The van der Waals surface area contributed by atoms with Gasteiger partial charge < -0.3 is 10.2 Å². The van der Waals surface area contributed by atoms with Crippen LogP contribution in [0.3, 0.4) is 0 Å². The Labute approximate surface area is 108 Å². The molecule has 1 aliphatic heterocycles. The van der Waals surface area contributed by atoms with Gasteiger partial charge in [0.25, 0.3) is 0 Å². The Morgan fingerprint density at radius 1 is 1.41 bits per heavy atom. The molecule has 0 spiro atoms. The van der Waals surface area contributed by atoms with E-state index in [1.54, 1.807) is 6.07 Å². The number of likely N-dealkylation sites (tertiary alicyclic amines) is 1. The molecule has 94 valence electrons. The summed E-state index contributed by atoms with van der Waals surface area (Å²) in [6, 6.07) is 6.80. The van der Waals surface area contributed by atoms with Gasteiger partial charge in [-0.2, -0.15) is 0 Å². The highest BCUT2D eigenvalue weighted by Crippen LogP contribution is 2.23. The van der Waals surface area contributed by atoms with Crippen LogP contribution in [0.25, 0.3) is 0 Å². The Morgan fingerprint density at radius 3 is 2.88 bits per heavy atom. The van der Waals surface area contributed by atoms with Crippen LogP contribution in [0.15, 0.2) is 18.2 Å². The molecule has 17 heavy (non-hydrogen) atoms. The summed E-state index contributed by atoms with van der Waals surface area (Å²) in [6.45, 7) is 5.68. The van der Waals surface area contributed by atoms with Gasteiger partial charge in [-0.3, -0.25) is 0 Å². The minimum atomic E-state index is 0.479. The molecule has 0 aromatic carbocycles. The molecule has 1 fully saturated rings. The molecule has 0 amide bonds. The molecule has 1 N–H and O–H groups in total. The van der Waals surface area contributed by atoms with Gasteiger partial charge in [-0.1, -0.05) is 24.6 Å². The zero-order chi connectivity index (χ0) is 12.4. The standard InChI is InChI=1S/C13H20ClN3/c1-9-8-17(3)10(2)7-11(9)15-13-6-4-5-12(14)16-13/h4-6,9-11H,7-8H2,1-3H3,(H,15,16). The molecule has 3 atom stereocenters. The number of hydrogen-bond acceptors (Lipinski definition) is 3. The van der Waals surface area contributed by atoms with Gasteiger partial charge in [0.05, 0.1) is 0 Å². The Hall–Kier alpha value is -0.800. The van der Waals surface area contributed by atoms with Crippen molar-refractivity contribution in [2.45, 2.75) is 32.4 Å². The normalized spacial score (nSPS) is 30.2. The van der Waals surface area contributed by atoms with Gasteiger partial charge in [-0.15, -0.1) is 0 Å². The molecule has 3 unspecified atom stereocenters. The van der Waals surface area contributed by atoms with Crippen LogP contribution in [-0.4, -0.2) is 35.6 Å². The number of rotatable bonds is 2. The average molecular weight is 254 g/mol. The van der Waals surface area contributed by atoms with Gasteiger partial charge in [-0.25, -0.2) is 4.98 Å². The lowest BCUT2D eigenvalue weighted by molar-refractivity contribution is 0.145. The number of halogens is 1. The number of anilines is 1. The van der Waals surface area contributed by atoms with Crippen molar-refractivity contribution in [3.63, 3.8) is 0 Å². The quantitative estimate of drug-likeness (QED) is 0.822. The molecule has 3 nitrogen and oxygen atoms in total. The summed E-state index contributed by atoms with van der Waals surface area (Å²) in [6.07, 6.45) is 1.14. The zero-order valence-corrected chi connectivity index (χ0v) is 11.4. The number of nitrogens with zero attached hydrogens (tertiary/aromatic N) is 2. The maximum Gasteiger partial charge on any atom is 0.131 e. The minimum absolute atomic E-state index is 0.479. The van der Waals surface area contributed by atoms with Crippen LogP contribution in [-0.2, 0) is 0 Å². The van der Waals surface area contributed by atoms with Gasteiger partial charge in [0.1, 0.15) is 11.0 Å². The van der Waals surface area contributed by atoms with Gasteiger partial charge >= 0.3 is 0 Å². The molecular formula is C13H20ClN3. The van der Waals surface area contributed by atoms with Gasteiger partial charge in [0.15, 0.2) is 0 Å². The third-order valence-corrected chi connectivity index (χ3v) is 3.87. The molecule has 0 radical (unpaired) electrons. The number of aromatic nitrogens is 1. The van der Waals surface area contributed by atoms with Crippen molar-refractivity contribution < 1.29 is 0 Å². The largest absolute Gasteiger partial charge is 0.367 e. The van der Waals surface area contributed by atoms with E-state index >= 15 is 0 Å². The summed E-state index contributed by atoms with van der Waals surface area (Å²) >= 11 is 5.89. The van der Waals surface area contributed by atoms with Crippen molar-refractivity contribution in [2.24, 2.45) is 5.92 Å². The van der Waals surface area contributed by atoms with Crippen molar-refractivity contribution >= 4 is 17.4 Å². The fourth-order valence-corrected chi connectivity index (χ4v) is 2.58. The van der Waals surface area contributed by atoms with Gasteiger partial charge in [-0.05, 0) is 38.4 Å². The van der Waals surface area contributed by atoms with E-state index in [2.05, 4.69) is 36.1 Å². The first-order valence-corrected chi connectivity index (χ1v) is 6.53. The molecule has 0 saturated carbocycles. The molecule has 0 aliphatic carbocycles. The van der Waals surface area contributed by atoms with E-state index in [0.717, 1.165) is 18.8 Å². The van der Waals surface area contributed by atoms with E-state index in [1.807, 2.05) is 12.1 Å². The van der Waals surface area contributed by atoms with Crippen LogP contribution in [0.1, 0.15) is 20.3 Å². The van der Waals surface area contributed by atoms with Crippen molar-refractivity contribution in [3.05, 3.63) is 23.4 Å². The second kappa shape index (κ2) is 5.23. The summed E-state index contributed by atoms with van der Waals surface area (Å²) in [7, 11) is 2.19. The van der Waals surface area contributed by atoms with Crippen molar-refractivity contribution in [1.82, 2.24) is 9.88 Å². The third-order valence-electron chi connectivity index (χ3n) is 3.66. The first kappa shape index (κ1) is 12.7. The molecule has 1 aromatic rings. The summed E-state index contributed by atoms with van der Waals surface area (Å²) in [5.74, 6) is 1.50. The van der Waals surface area contributed by atoms with Crippen molar-refractivity contribution in [2.75, 3.05) is 18.9 Å².